The average molecular weight is 288 g/mol. The van der Waals surface area contributed by atoms with Crippen LogP contribution in [0.2, 0.25) is 0 Å². The van der Waals surface area contributed by atoms with Gasteiger partial charge in [-0.3, -0.25) is 4.79 Å². The summed E-state index contributed by atoms with van der Waals surface area (Å²) in [5, 5.41) is 12.5. The van der Waals surface area contributed by atoms with Crippen LogP contribution in [-0.4, -0.2) is 16.9 Å². The molecule has 3 nitrogen and oxygen atoms in total. The number of carbonyl (C=O) groups is 1. The molecule has 1 amide bonds. The van der Waals surface area contributed by atoms with Crippen molar-refractivity contribution in [3.8, 4) is 6.07 Å². The second kappa shape index (κ2) is 7.96. The van der Waals surface area contributed by atoms with Crippen molar-refractivity contribution in [2.75, 3.05) is 11.1 Å². The van der Waals surface area contributed by atoms with E-state index in [9.17, 15) is 4.79 Å². The Morgan fingerprint density at radius 1 is 1.30 bits per heavy atom. The number of nitrogens with one attached hydrogen (secondary N) is 1. The highest BCUT2D eigenvalue weighted by atomic mass is 32.2. The van der Waals surface area contributed by atoms with Crippen molar-refractivity contribution in [1.29, 1.82) is 5.26 Å². The van der Waals surface area contributed by atoms with Crippen molar-refractivity contribution in [1.82, 2.24) is 0 Å². The van der Waals surface area contributed by atoms with E-state index in [4.69, 9.17) is 5.26 Å². The Morgan fingerprint density at radius 3 is 2.80 bits per heavy atom. The molecular weight excluding hydrogens is 268 g/mol. The summed E-state index contributed by atoms with van der Waals surface area (Å²) in [4.78, 5) is 11.9. The highest BCUT2D eigenvalue weighted by molar-refractivity contribution is 7.99. The number of rotatable bonds is 5. The van der Waals surface area contributed by atoms with E-state index in [1.54, 1.807) is 18.2 Å². The number of thioether (sulfide) groups is 1. The fourth-order valence-corrected chi connectivity index (χ4v) is 3.76. The molecule has 1 aromatic carbocycles. The summed E-state index contributed by atoms with van der Waals surface area (Å²) in [6.07, 6.45) is 7.13. The summed E-state index contributed by atoms with van der Waals surface area (Å²) in [7, 11) is 0. The molecule has 20 heavy (non-hydrogen) atoms. The van der Waals surface area contributed by atoms with Crippen molar-refractivity contribution in [2.45, 2.75) is 43.8 Å². The Morgan fingerprint density at radius 2 is 2.05 bits per heavy atom. The van der Waals surface area contributed by atoms with Crippen LogP contribution in [0.4, 0.5) is 5.69 Å². The number of hydrogen-bond donors (Lipinski definition) is 1. The lowest BCUT2D eigenvalue weighted by atomic mass is 10.0. The molecule has 0 heterocycles. The van der Waals surface area contributed by atoms with Crippen LogP contribution >= 0.6 is 11.8 Å². The van der Waals surface area contributed by atoms with Crippen LogP contribution in [0.1, 0.15) is 44.1 Å². The molecule has 0 radical (unpaired) electrons. The van der Waals surface area contributed by atoms with Crippen molar-refractivity contribution in [3.05, 3.63) is 29.8 Å². The number of nitriles is 1. The SMILES string of the molecule is N#Cc1ccccc1NC(=O)CCSC1CCCCC1. The smallest absolute Gasteiger partial charge is 0.225 e. The second-order valence-electron chi connectivity index (χ2n) is 5.09. The molecule has 0 atom stereocenters. The zero-order chi connectivity index (χ0) is 14.2. The van der Waals surface area contributed by atoms with Crippen LogP contribution in [0, 0.1) is 11.3 Å². The summed E-state index contributed by atoms with van der Waals surface area (Å²) in [6.45, 7) is 0. The molecule has 0 spiro atoms. The number of nitrogens with zero attached hydrogens (tertiary/aromatic N) is 1. The Balaban J connectivity index is 1.73. The monoisotopic (exact) mass is 288 g/mol. The lowest BCUT2D eigenvalue weighted by Crippen LogP contribution is -2.15. The third-order valence-corrected chi connectivity index (χ3v) is 4.94. The molecule has 1 aliphatic rings. The molecule has 1 aliphatic carbocycles. The summed E-state index contributed by atoms with van der Waals surface area (Å²) >= 11 is 1.92. The molecule has 2 rings (SSSR count). The zero-order valence-corrected chi connectivity index (χ0v) is 12.4. The van der Waals surface area contributed by atoms with E-state index in [-0.39, 0.29) is 5.91 Å². The van der Waals surface area contributed by atoms with E-state index < -0.39 is 0 Å². The summed E-state index contributed by atoms with van der Waals surface area (Å²) in [5.41, 5.74) is 1.13. The minimum Gasteiger partial charge on any atom is -0.325 e. The first-order valence-corrected chi connectivity index (χ1v) is 8.25. The molecule has 1 fully saturated rings. The Hall–Kier alpha value is -1.47. The van der Waals surface area contributed by atoms with E-state index in [1.807, 2.05) is 17.8 Å². The molecule has 4 heteroatoms. The minimum atomic E-state index is -0.00369. The Labute approximate surface area is 124 Å². The first-order valence-electron chi connectivity index (χ1n) is 7.20. The number of anilines is 1. The third kappa shape index (κ3) is 4.57. The van der Waals surface area contributed by atoms with Gasteiger partial charge < -0.3 is 5.32 Å². The summed E-state index contributed by atoms with van der Waals surface area (Å²) < 4.78 is 0. The topological polar surface area (TPSA) is 52.9 Å². The van der Waals surface area contributed by atoms with E-state index >= 15 is 0 Å². The zero-order valence-electron chi connectivity index (χ0n) is 11.6. The Bertz CT molecular complexity index is 489. The van der Waals surface area contributed by atoms with Crippen LogP contribution in [0.5, 0.6) is 0 Å². The van der Waals surface area contributed by atoms with Crippen molar-refractivity contribution >= 4 is 23.4 Å². The molecule has 0 unspecified atom stereocenters. The highest BCUT2D eigenvalue weighted by Crippen LogP contribution is 2.28. The molecule has 1 saturated carbocycles. The van der Waals surface area contributed by atoms with Crippen molar-refractivity contribution < 1.29 is 4.79 Å². The van der Waals surface area contributed by atoms with Crippen molar-refractivity contribution in [3.63, 3.8) is 0 Å². The van der Waals surface area contributed by atoms with Gasteiger partial charge in [-0.15, -0.1) is 0 Å². The lowest BCUT2D eigenvalue weighted by molar-refractivity contribution is -0.115. The van der Waals surface area contributed by atoms with Crippen LogP contribution in [0.15, 0.2) is 24.3 Å². The van der Waals surface area contributed by atoms with Gasteiger partial charge in [-0.2, -0.15) is 17.0 Å². The van der Waals surface area contributed by atoms with Crippen LogP contribution < -0.4 is 5.32 Å². The van der Waals surface area contributed by atoms with Gasteiger partial charge in [0.15, 0.2) is 0 Å². The van der Waals surface area contributed by atoms with Gasteiger partial charge in [-0.25, -0.2) is 0 Å². The van der Waals surface area contributed by atoms with E-state index in [2.05, 4.69) is 11.4 Å². The molecule has 0 bridgehead atoms. The van der Waals surface area contributed by atoms with Gasteiger partial charge in [0.25, 0.3) is 0 Å². The highest BCUT2D eigenvalue weighted by Gasteiger charge is 2.14. The van der Waals surface area contributed by atoms with Gasteiger partial charge in [-0.05, 0) is 25.0 Å². The predicted octanol–water partition coefficient (Wildman–Crippen LogP) is 3.95. The van der Waals surface area contributed by atoms with E-state index in [0.29, 0.717) is 17.7 Å². The predicted molar refractivity (Wildman–Crippen MR) is 83.7 cm³/mol. The number of amides is 1. The molecule has 0 aliphatic heterocycles. The van der Waals surface area contributed by atoms with Crippen LogP contribution in [-0.2, 0) is 4.79 Å². The van der Waals surface area contributed by atoms with Gasteiger partial charge in [0.05, 0.1) is 11.3 Å². The minimum absolute atomic E-state index is 0.00369. The fraction of sp³-hybridized carbons (Fsp3) is 0.500. The third-order valence-electron chi connectivity index (χ3n) is 3.56. The fourth-order valence-electron chi connectivity index (χ4n) is 2.45. The van der Waals surface area contributed by atoms with Crippen molar-refractivity contribution in [2.24, 2.45) is 0 Å². The summed E-state index contributed by atoms with van der Waals surface area (Å²) in [5.74, 6) is 0.863. The molecular formula is C16H20N2OS. The standard InChI is InChI=1S/C16H20N2OS/c17-12-13-6-4-5-9-15(13)18-16(19)10-11-20-14-7-2-1-3-8-14/h4-6,9,14H,1-3,7-8,10-11H2,(H,18,19). The second-order valence-corrected chi connectivity index (χ2v) is 6.49. The van der Waals surface area contributed by atoms with Gasteiger partial charge in [0, 0.05) is 17.4 Å². The van der Waals surface area contributed by atoms with Gasteiger partial charge in [0.1, 0.15) is 6.07 Å². The van der Waals surface area contributed by atoms with E-state index in [1.165, 1.54) is 32.1 Å². The van der Waals surface area contributed by atoms with Gasteiger partial charge in [0.2, 0.25) is 5.91 Å². The molecule has 106 valence electrons. The maximum atomic E-state index is 11.9. The molecule has 0 saturated heterocycles. The Kier molecular flexibility index (Phi) is 5.94. The maximum Gasteiger partial charge on any atom is 0.225 e. The average Bonchev–Trinajstić information content (AvgIpc) is 2.49. The number of hydrogen-bond acceptors (Lipinski definition) is 3. The number of para-hydroxylation sites is 1. The molecule has 1 aromatic rings. The summed E-state index contributed by atoms with van der Waals surface area (Å²) in [6, 6.07) is 9.20. The maximum absolute atomic E-state index is 11.9. The molecule has 0 aromatic heterocycles. The van der Waals surface area contributed by atoms with Crippen LogP contribution in [0.25, 0.3) is 0 Å². The largest absolute Gasteiger partial charge is 0.325 e. The van der Waals surface area contributed by atoms with Crippen LogP contribution in [0.3, 0.4) is 0 Å². The number of carbonyl (C=O) groups excluding carboxylic acids is 1. The first-order chi connectivity index (χ1) is 9.79. The quantitative estimate of drug-likeness (QED) is 0.892. The van der Waals surface area contributed by atoms with Gasteiger partial charge >= 0.3 is 0 Å². The normalized spacial score (nSPS) is 15.6. The molecule has 1 N–H and O–H groups in total. The first kappa shape index (κ1) is 14.9. The van der Waals surface area contributed by atoms with Gasteiger partial charge in [-0.1, -0.05) is 31.4 Å². The number of benzene rings is 1. The lowest BCUT2D eigenvalue weighted by Gasteiger charge is -2.20. The van der Waals surface area contributed by atoms with E-state index in [0.717, 1.165) is 11.0 Å².